The predicted molar refractivity (Wildman–Crippen MR) is 112 cm³/mol. The number of rotatable bonds is 5. The topological polar surface area (TPSA) is 88.9 Å². The smallest absolute Gasteiger partial charge is 0.252 e. The van der Waals surface area contributed by atoms with Crippen molar-refractivity contribution in [3.8, 4) is 11.4 Å². The van der Waals surface area contributed by atoms with Gasteiger partial charge < -0.3 is 5.32 Å². The van der Waals surface area contributed by atoms with E-state index in [0.29, 0.717) is 28.4 Å². The Bertz CT molecular complexity index is 1060. The van der Waals surface area contributed by atoms with Gasteiger partial charge in [-0.3, -0.25) is 14.9 Å². The van der Waals surface area contributed by atoms with Crippen LogP contribution in [0.25, 0.3) is 11.4 Å². The maximum Gasteiger partial charge on any atom is 0.252 e. The fourth-order valence-electron chi connectivity index (χ4n) is 3.17. The zero-order valence-electron chi connectivity index (χ0n) is 16.0. The Morgan fingerprint density at radius 2 is 1.86 bits per heavy atom. The molecule has 2 heterocycles. The monoisotopic (exact) mass is 409 g/mol. The molecule has 7 nitrogen and oxygen atoms in total. The number of carbonyl (C=O) groups excluding carboxylic acids is 2. The van der Waals surface area contributed by atoms with Crippen LogP contribution in [0.1, 0.15) is 37.8 Å². The lowest BCUT2D eigenvalue weighted by Crippen LogP contribution is -2.23. The summed E-state index contributed by atoms with van der Waals surface area (Å²) in [6, 6.07) is 14.0. The number of nitrogens with zero attached hydrogens (tertiary/aromatic N) is 3. The molecule has 1 aliphatic heterocycles. The lowest BCUT2D eigenvalue weighted by Gasteiger charge is -2.11. The molecule has 1 aliphatic rings. The molecule has 1 aromatic heterocycles. The van der Waals surface area contributed by atoms with Gasteiger partial charge in [-0.2, -0.15) is 4.98 Å². The molecule has 0 bridgehead atoms. The first kappa shape index (κ1) is 19.1. The van der Waals surface area contributed by atoms with Crippen LogP contribution in [0.3, 0.4) is 0 Å². The van der Waals surface area contributed by atoms with E-state index in [-0.39, 0.29) is 18.2 Å². The second-order valence-corrected chi connectivity index (χ2v) is 7.68. The Morgan fingerprint density at radius 1 is 1.17 bits per heavy atom. The number of carbonyl (C=O) groups is 2. The standard InChI is InChI=1S/C21H20ClN5O2/c1-12(2)13-5-9-16(10-6-13)23-18(28)11-17-20(29)25-21-24-19(26-27(17)21)14-3-7-15(22)8-4-14/h3-10,12,17H,11H2,1-2H3,(H,23,28)(H,24,25,26,29)/t17-/m0/s1. The molecule has 2 amide bonds. The van der Waals surface area contributed by atoms with Crippen LogP contribution < -0.4 is 10.6 Å². The Labute approximate surface area is 173 Å². The van der Waals surface area contributed by atoms with Gasteiger partial charge in [-0.05, 0) is 47.9 Å². The van der Waals surface area contributed by atoms with E-state index in [0.717, 1.165) is 5.56 Å². The molecule has 29 heavy (non-hydrogen) atoms. The third-order valence-electron chi connectivity index (χ3n) is 4.81. The third kappa shape index (κ3) is 4.00. The molecule has 0 aliphatic carbocycles. The molecule has 1 atom stereocenters. The van der Waals surface area contributed by atoms with Gasteiger partial charge in [-0.15, -0.1) is 5.10 Å². The summed E-state index contributed by atoms with van der Waals surface area (Å²) < 4.78 is 1.47. The van der Waals surface area contributed by atoms with Gasteiger partial charge in [0.25, 0.3) is 5.91 Å². The zero-order chi connectivity index (χ0) is 20.5. The largest absolute Gasteiger partial charge is 0.326 e. The van der Waals surface area contributed by atoms with Gasteiger partial charge in [-0.1, -0.05) is 37.6 Å². The normalized spacial score (nSPS) is 15.3. The van der Waals surface area contributed by atoms with Crippen molar-refractivity contribution in [1.29, 1.82) is 0 Å². The second-order valence-electron chi connectivity index (χ2n) is 7.24. The molecule has 2 N–H and O–H groups in total. The Balaban J connectivity index is 1.47. The van der Waals surface area contributed by atoms with Gasteiger partial charge in [0.15, 0.2) is 5.82 Å². The van der Waals surface area contributed by atoms with Gasteiger partial charge in [0.2, 0.25) is 11.9 Å². The molecule has 0 radical (unpaired) electrons. The highest BCUT2D eigenvalue weighted by Gasteiger charge is 2.35. The van der Waals surface area contributed by atoms with Crippen LogP contribution in [0.5, 0.6) is 0 Å². The van der Waals surface area contributed by atoms with Gasteiger partial charge in [-0.25, -0.2) is 4.68 Å². The highest BCUT2D eigenvalue weighted by Crippen LogP contribution is 2.29. The first-order valence-corrected chi connectivity index (χ1v) is 9.71. The lowest BCUT2D eigenvalue weighted by molar-refractivity contribution is -0.123. The van der Waals surface area contributed by atoms with Crippen molar-refractivity contribution in [3.05, 3.63) is 59.1 Å². The molecular weight excluding hydrogens is 390 g/mol. The summed E-state index contributed by atoms with van der Waals surface area (Å²) in [6.45, 7) is 4.22. The lowest BCUT2D eigenvalue weighted by atomic mass is 10.0. The summed E-state index contributed by atoms with van der Waals surface area (Å²) in [4.78, 5) is 29.1. The summed E-state index contributed by atoms with van der Waals surface area (Å²) >= 11 is 5.92. The van der Waals surface area contributed by atoms with Gasteiger partial charge >= 0.3 is 0 Å². The van der Waals surface area contributed by atoms with Crippen LogP contribution in [0.15, 0.2) is 48.5 Å². The molecule has 8 heteroatoms. The molecular formula is C21H20ClN5O2. The van der Waals surface area contributed by atoms with Crippen molar-refractivity contribution in [2.45, 2.75) is 32.2 Å². The van der Waals surface area contributed by atoms with Crippen LogP contribution in [0.4, 0.5) is 11.6 Å². The zero-order valence-corrected chi connectivity index (χ0v) is 16.8. The summed E-state index contributed by atoms with van der Waals surface area (Å²) in [5.74, 6) is 0.652. The van der Waals surface area contributed by atoms with E-state index >= 15 is 0 Å². The van der Waals surface area contributed by atoms with Crippen molar-refractivity contribution in [3.63, 3.8) is 0 Å². The molecule has 4 rings (SSSR count). The number of nitrogens with one attached hydrogen (secondary N) is 2. The van der Waals surface area contributed by atoms with Crippen LogP contribution >= 0.6 is 11.6 Å². The van der Waals surface area contributed by atoms with Crippen molar-refractivity contribution >= 4 is 35.1 Å². The minimum absolute atomic E-state index is 0.0335. The number of benzene rings is 2. The molecule has 0 unspecified atom stereocenters. The number of hydrogen-bond donors (Lipinski definition) is 2. The van der Waals surface area contributed by atoms with E-state index < -0.39 is 6.04 Å². The quantitative estimate of drug-likeness (QED) is 0.659. The number of fused-ring (bicyclic) bond motifs is 1. The second kappa shape index (κ2) is 7.67. The average molecular weight is 410 g/mol. The fraction of sp³-hybridized carbons (Fsp3) is 0.238. The van der Waals surface area contributed by atoms with E-state index in [4.69, 9.17) is 11.6 Å². The number of halogens is 1. The SMILES string of the molecule is CC(C)c1ccc(NC(=O)C[C@H]2C(=O)Nc3nc(-c4ccc(Cl)cc4)nn32)cc1. The van der Waals surface area contributed by atoms with Crippen LogP contribution in [-0.2, 0) is 9.59 Å². The molecule has 3 aromatic rings. The van der Waals surface area contributed by atoms with E-state index in [9.17, 15) is 9.59 Å². The van der Waals surface area contributed by atoms with Gasteiger partial charge in [0.1, 0.15) is 6.04 Å². The van der Waals surface area contributed by atoms with Crippen LogP contribution in [0.2, 0.25) is 5.02 Å². The van der Waals surface area contributed by atoms with Crippen LogP contribution in [-0.4, -0.2) is 26.6 Å². The Morgan fingerprint density at radius 3 is 2.52 bits per heavy atom. The maximum absolute atomic E-state index is 12.5. The molecule has 0 saturated heterocycles. The molecule has 148 valence electrons. The van der Waals surface area contributed by atoms with E-state index in [1.165, 1.54) is 10.2 Å². The number of aromatic nitrogens is 3. The first-order valence-electron chi connectivity index (χ1n) is 9.34. The van der Waals surface area contributed by atoms with Crippen LogP contribution in [0, 0.1) is 0 Å². The average Bonchev–Trinajstić information content (AvgIpc) is 3.21. The number of amides is 2. The summed E-state index contributed by atoms with van der Waals surface area (Å²) in [6.07, 6.45) is -0.0335. The van der Waals surface area contributed by atoms with Crippen molar-refractivity contribution in [2.75, 3.05) is 10.6 Å². The van der Waals surface area contributed by atoms with Gasteiger partial charge in [0.05, 0.1) is 6.42 Å². The predicted octanol–water partition coefficient (Wildman–Crippen LogP) is 4.24. The number of hydrogen-bond acceptors (Lipinski definition) is 4. The molecule has 0 fully saturated rings. The van der Waals surface area contributed by atoms with Gasteiger partial charge in [0, 0.05) is 16.3 Å². The molecule has 0 spiro atoms. The summed E-state index contributed by atoms with van der Waals surface area (Å²) in [7, 11) is 0. The third-order valence-corrected chi connectivity index (χ3v) is 5.06. The minimum atomic E-state index is -0.742. The van der Waals surface area contributed by atoms with Crippen molar-refractivity contribution in [2.24, 2.45) is 0 Å². The van der Waals surface area contributed by atoms with Crippen molar-refractivity contribution < 1.29 is 9.59 Å². The van der Waals surface area contributed by atoms with E-state index in [1.807, 2.05) is 24.3 Å². The highest BCUT2D eigenvalue weighted by molar-refractivity contribution is 6.30. The minimum Gasteiger partial charge on any atom is -0.326 e. The molecule has 0 saturated carbocycles. The Hall–Kier alpha value is -3.19. The van der Waals surface area contributed by atoms with E-state index in [2.05, 4.69) is 34.6 Å². The summed E-state index contributed by atoms with van der Waals surface area (Å²) in [5.41, 5.74) is 2.66. The van der Waals surface area contributed by atoms with Crippen molar-refractivity contribution in [1.82, 2.24) is 14.8 Å². The molecule has 2 aromatic carbocycles. The Kier molecular flexibility index (Phi) is 5.07. The fourth-order valence-corrected chi connectivity index (χ4v) is 3.30. The highest BCUT2D eigenvalue weighted by atomic mass is 35.5. The summed E-state index contributed by atoms with van der Waals surface area (Å²) in [5, 5.41) is 10.5. The first-order chi connectivity index (χ1) is 13.9. The number of anilines is 2. The maximum atomic E-state index is 12.5. The van der Waals surface area contributed by atoms with E-state index in [1.54, 1.807) is 24.3 Å².